The molecule has 1 saturated heterocycles. The van der Waals surface area contributed by atoms with E-state index in [1.165, 1.54) is 27.8 Å². The smallest absolute Gasteiger partial charge is 0.260 e. The third-order valence-electron chi connectivity index (χ3n) is 6.46. The van der Waals surface area contributed by atoms with Crippen molar-refractivity contribution in [3.8, 4) is 5.75 Å². The van der Waals surface area contributed by atoms with Crippen LogP contribution in [-0.2, 0) is 14.8 Å². The number of methoxy groups -OCH3 is 1. The van der Waals surface area contributed by atoms with Crippen molar-refractivity contribution in [1.82, 2.24) is 14.2 Å². The summed E-state index contributed by atoms with van der Waals surface area (Å²) in [6, 6.07) is 11.8. The summed E-state index contributed by atoms with van der Waals surface area (Å²) in [5.74, 6) is 0.526. The van der Waals surface area contributed by atoms with E-state index in [9.17, 15) is 13.2 Å². The van der Waals surface area contributed by atoms with Crippen LogP contribution in [0.25, 0.3) is 10.2 Å². The normalized spacial score (nSPS) is 14.8. The van der Waals surface area contributed by atoms with Crippen LogP contribution in [-0.4, -0.2) is 88.1 Å². The average molecular weight is 547 g/mol. The number of anilines is 1. The molecule has 3 aromatic rings. The zero-order chi connectivity index (χ0) is 26.4. The second-order valence-electron chi connectivity index (χ2n) is 8.71. The van der Waals surface area contributed by atoms with E-state index < -0.39 is 10.0 Å². The molecule has 0 saturated carbocycles. The van der Waals surface area contributed by atoms with Gasteiger partial charge in [-0.3, -0.25) is 14.6 Å². The van der Waals surface area contributed by atoms with E-state index in [1.54, 1.807) is 38.0 Å². The van der Waals surface area contributed by atoms with Gasteiger partial charge in [0.15, 0.2) is 5.13 Å². The van der Waals surface area contributed by atoms with Gasteiger partial charge in [0.25, 0.3) is 5.91 Å². The Morgan fingerprint density at radius 2 is 1.81 bits per heavy atom. The summed E-state index contributed by atoms with van der Waals surface area (Å²) in [5.41, 5.74) is 1.22. The van der Waals surface area contributed by atoms with E-state index in [0.29, 0.717) is 30.3 Å². The van der Waals surface area contributed by atoms with Gasteiger partial charge in [-0.1, -0.05) is 25.2 Å². The Kier molecular flexibility index (Phi) is 9.14. The van der Waals surface area contributed by atoms with E-state index in [-0.39, 0.29) is 10.8 Å². The molecule has 200 valence electrons. The fourth-order valence-corrected chi connectivity index (χ4v) is 6.81. The molecule has 0 bridgehead atoms. The monoisotopic (exact) mass is 546 g/mol. The SMILES string of the molecule is CCN(CC)S(=O)(=O)c1ccc(C(=O)N(CCCN2CCOCC2)c2nc3ccc(OC)cc3s2)cc1. The number of aromatic nitrogens is 1. The highest BCUT2D eigenvalue weighted by atomic mass is 32.2. The summed E-state index contributed by atoms with van der Waals surface area (Å²) >= 11 is 1.44. The van der Waals surface area contributed by atoms with E-state index in [4.69, 9.17) is 14.5 Å². The zero-order valence-corrected chi connectivity index (χ0v) is 23.2. The van der Waals surface area contributed by atoms with E-state index in [2.05, 4.69) is 4.90 Å². The van der Waals surface area contributed by atoms with Crippen LogP contribution in [0.1, 0.15) is 30.6 Å². The second kappa shape index (κ2) is 12.3. The number of rotatable bonds is 11. The van der Waals surface area contributed by atoms with Crippen LogP contribution in [0.5, 0.6) is 5.75 Å². The number of nitrogens with zero attached hydrogens (tertiary/aromatic N) is 4. The summed E-state index contributed by atoms with van der Waals surface area (Å²) in [6.07, 6.45) is 0.777. The van der Waals surface area contributed by atoms with Crippen molar-refractivity contribution in [2.45, 2.75) is 25.2 Å². The van der Waals surface area contributed by atoms with Gasteiger partial charge in [0.05, 0.1) is 35.4 Å². The molecular formula is C26H34N4O5S2. The number of hydrogen-bond donors (Lipinski definition) is 0. The van der Waals surface area contributed by atoms with Crippen LogP contribution in [0.2, 0.25) is 0 Å². The number of carbonyl (C=O) groups excluding carboxylic acids is 1. The summed E-state index contributed by atoms with van der Waals surface area (Å²) in [6.45, 7) is 8.96. The molecule has 1 aromatic heterocycles. The lowest BCUT2D eigenvalue weighted by Gasteiger charge is -2.27. The minimum Gasteiger partial charge on any atom is -0.497 e. The second-order valence-corrected chi connectivity index (χ2v) is 11.7. The van der Waals surface area contributed by atoms with Gasteiger partial charge < -0.3 is 9.47 Å². The fourth-order valence-electron chi connectivity index (χ4n) is 4.33. The van der Waals surface area contributed by atoms with Crippen molar-refractivity contribution < 1.29 is 22.7 Å². The molecule has 0 spiro atoms. The van der Waals surface area contributed by atoms with Gasteiger partial charge in [0.2, 0.25) is 10.0 Å². The number of morpholine rings is 1. The molecule has 11 heteroatoms. The maximum Gasteiger partial charge on any atom is 0.260 e. The third-order valence-corrected chi connectivity index (χ3v) is 9.57. The first-order chi connectivity index (χ1) is 17.9. The summed E-state index contributed by atoms with van der Waals surface area (Å²) in [7, 11) is -1.98. The first-order valence-corrected chi connectivity index (χ1v) is 14.8. The van der Waals surface area contributed by atoms with Gasteiger partial charge in [-0.25, -0.2) is 13.4 Å². The summed E-state index contributed by atoms with van der Waals surface area (Å²) < 4.78 is 38.9. The van der Waals surface area contributed by atoms with Gasteiger partial charge in [-0.15, -0.1) is 0 Å². The average Bonchev–Trinajstić information content (AvgIpc) is 3.35. The molecule has 4 rings (SSSR count). The molecule has 1 aliphatic rings. The van der Waals surface area contributed by atoms with Crippen LogP contribution in [0.3, 0.4) is 0 Å². The first kappa shape index (κ1) is 27.5. The molecule has 2 aromatic carbocycles. The molecule has 0 atom stereocenters. The standard InChI is InChI=1S/C26H34N4O5S2/c1-4-29(5-2)37(32,33)22-10-7-20(8-11-22)25(31)30(14-6-13-28-15-17-35-18-16-28)26-27-23-12-9-21(34-3)19-24(23)36-26/h7-12,19H,4-6,13-18H2,1-3H3. The Morgan fingerprint density at radius 3 is 2.46 bits per heavy atom. The lowest BCUT2D eigenvalue weighted by Crippen LogP contribution is -2.39. The highest BCUT2D eigenvalue weighted by Crippen LogP contribution is 2.32. The zero-order valence-electron chi connectivity index (χ0n) is 21.6. The lowest BCUT2D eigenvalue weighted by molar-refractivity contribution is 0.0376. The van der Waals surface area contributed by atoms with E-state index >= 15 is 0 Å². The largest absolute Gasteiger partial charge is 0.497 e. The maximum absolute atomic E-state index is 13.7. The minimum atomic E-state index is -3.60. The predicted octanol–water partition coefficient (Wildman–Crippen LogP) is 3.70. The Morgan fingerprint density at radius 1 is 1.11 bits per heavy atom. The molecule has 2 heterocycles. The summed E-state index contributed by atoms with van der Waals surface area (Å²) in [4.78, 5) is 22.7. The number of ether oxygens (including phenoxy) is 2. The highest BCUT2D eigenvalue weighted by molar-refractivity contribution is 7.89. The van der Waals surface area contributed by atoms with Gasteiger partial charge >= 0.3 is 0 Å². The van der Waals surface area contributed by atoms with Crippen molar-refractivity contribution >= 4 is 42.6 Å². The topological polar surface area (TPSA) is 92.3 Å². The van der Waals surface area contributed by atoms with E-state index in [0.717, 1.165) is 55.2 Å². The molecule has 1 amide bonds. The van der Waals surface area contributed by atoms with Crippen LogP contribution in [0.15, 0.2) is 47.4 Å². The molecule has 37 heavy (non-hydrogen) atoms. The molecule has 1 aliphatic heterocycles. The van der Waals surface area contributed by atoms with Crippen LogP contribution < -0.4 is 9.64 Å². The predicted molar refractivity (Wildman–Crippen MR) is 146 cm³/mol. The Labute approximate surface area is 222 Å². The minimum absolute atomic E-state index is 0.179. The van der Waals surface area contributed by atoms with Crippen molar-refractivity contribution in [2.75, 3.05) is 64.5 Å². The lowest BCUT2D eigenvalue weighted by atomic mass is 10.2. The Bertz CT molecular complexity index is 1300. The third kappa shape index (κ3) is 6.29. The Balaban J connectivity index is 1.59. The molecule has 0 radical (unpaired) electrons. The molecular weight excluding hydrogens is 512 g/mol. The molecule has 9 nitrogen and oxygen atoms in total. The number of sulfonamides is 1. The van der Waals surface area contributed by atoms with Crippen LogP contribution >= 0.6 is 11.3 Å². The van der Waals surface area contributed by atoms with Gasteiger partial charge in [-0.2, -0.15) is 4.31 Å². The van der Waals surface area contributed by atoms with Crippen molar-refractivity contribution in [2.24, 2.45) is 0 Å². The summed E-state index contributed by atoms with van der Waals surface area (Å²) in [5, 5.41) is 0.607. The number of amides is 1. The number of hydrogen-bond acceptors (Lipinski definition) is 8. The Hall–Kier alpha value is -2.57. The highest BCUT2D eigenvalue weighted by Gasteiger charge is 2.25. The van der Waals surface area contributed by atoms with Crippen molar-refractivity contribution in [3.63, 3.8) is 0 Å². The number of carbonyl (C=O) groups is 1. The number of benzene rings is 2. The number of fused-ring (bicyclic) bond motifs is 1. The van der Waals surface area contributed by atoms with Gasteiger partial charge in [-0.05, 0) is 48.9 Å². The molecule has 0 unspecified atom stereocenters. The van der Waals surface area contributed by atoms with E-state index in [1.807, 2.05) is 18.2 Å². The maximum atomic E-state index is 13.7. The molecule has 0 N–H and O–H groups in total. The fraction of sp³-hybridized carbons (Fsp3) is 0.462. The first-order valence-electron chi connectivity index (χ1n) is 12.5. The van der Waals surface area contributed by atoms with Crippen molar-refractivity contribution in [3.05, 3.63) is 48.0 Å². The quantitative estimate of drug-likeness (QED) is 0.362. The van der Waals surface area contributed by atoms with Gasteiger partial charge in [0.1, 0.15) is 5.75 Å². The van der Waals surface area contributed by atoms with Crippen LogP contribution in [0, 0.1) is 0 Å². The van der Waals surface area contributed by atoms with Crippen molar-refractivity contribution in [1.29, 1.82) is 0 Å². The van der Waals surface area contributed by atoms with Crippen LogP contribution in [0.4, 0.5) is 5.13 Å². The molecule has 0 aliphatic carbocycles. The number of thiazole rings is 1. The molecule has 1 fully saturated rings. The van der Waals surface area contributed by atoms with Gasteiger partial charge in [0, 0.05) is 44.8 Å².